The summed E-state index contributed by atoms with van der Waals surface area (Å²) in [4.78, 5) is 29.9. The first-order valence-corrected chi connectivity index (χ1v) is 9.36. The maximum atomic E-state index is 12.9. The van der Waals surface area contributed by atoms with Crippen molar-refractivity contribution in [3.05, 3.63) is 53.9 Å². The van der Waals surface area contributed by atoms with Gasteiger partial charge in [0.1, 0.15) is 6.04 Å². The van der Waals surface area contributed by atoms with Crippen LogP contribution >= 0.6 is 0 Å². The van der Waals surface area contributed by atoms with E-state index in [4.69, 9.17) is 0 Å². The minimum Gasteiger partial charge on any atom is -0.340 e. The molecule has 0 aliphatic carbocycles. The zero-order valence-electron chi connectivity index (χ0n) is 16.6. The maximum Gasteiger partial charge on any atom is 0.251 e. The molecular formula is C21H25N5O2. The molecule has 2 atom stereocenters. The Labute approximate surface area is 164 Å². The molecule has 0 spiro atoms. The largest absolute Gasteiger partial charge is 0.340 e. The number of rotatable bonds is 6. The molecule has 28 heavy (non-hydrogen) atoms. The van der Waals surface area contributed by atoms with Gasteiger partial charge in [-0.2, -0.15) is 5.10 Å². The first-order chi connectivity index (χ1) is 13.4. The lowest BCUT2D eigenvalue weighted by Gasteiger charge is -2.23. The van der Waals surface area contributed by atoms with Crippen molar-refractivity contribution in [3.63, 3.8) is 0 Å². The second-order valence-corrected chi connectivity index (χ2v) is 7.00. The van der Waals surface area contributed by atoms with Crippen LogP contribution in [0.1, 0.15) is 36.3 Å². The number of hydrogen-bond donors (Lipinski definition) is 2. The Morgan fingerprint density at radius 2 is 1.93 bits per heavy atom. The summed E-state index contributed by atoms with van der Waals surface area (Å²) in [6, 6.07) is 10.1. The van der Waals surface area contributed by atoms with Crippen LogP contribution in [-0.4, -0.2) is 32.6 Å². The highest BCUT2D eigenvalue weighted by Crippen LogP contribution is 2.20. The molecule has 3 rings (SSSR count). The van der Waals surface area contributed by atoms with Crippen molar-refractivity contribution in [2.75, 3.05) is 5.32 Å². The molecular weight excluding hydrogens is 354 g/mol. The van der Waals surface area contributed by atoms with Crippen molar-refractivity contribution >= 4 is 28.5 Å². The number of nitrogens with one attached hydrogen (secondary N) is 2. The van der Waals surface area contributed by atoms with Crippen molar-refractivity contribution in [3.8, 4) is 0 Å². The number of benzene rings is 1. The molecule has 7 nitrogen and oxygen atoms in total. The molecule has 3 aromatic rings. The molecule has 0 aliphatic heterocycles. The van der Waals surface area contributed by atoms with Gasteiger partial charge in [-0.25, -0.2) is 4.98 Å². The monoisotopic (exact) mass is 379 g/mol. The first-order valence-electron chi connectivity index (χ1n) is 9.36. The van der Waals surface area contributed by atoms with Gasteiger partial charge in [-0.1, -0.05) is 38.5 Å². The number of aryl methyl sites for hydroxylation is 2. The second kappa shape index (κ2) is 8.21. The van der Waals surface area contributed by atoms with E-state index in [1.54, 1.807) is 35.1 Å². The molecule has 146 valence electrons. The van der Waals surface area contributed by atoms with Crippen LogP contribution in [0.3, 0.4) is 0 Å². The van der Waals surface area contributed by atoms with Crippen LogP contribution in [0.5, 0.6) is 0 Å². The van der Waals surface area contributed by atoms with Gasteiger partial charge in [0.05, 0.1) is 17.6 Å². The Balaban J connectivity index is 1.80. The molecule has 2 amide bonds. The van der Waals surface area contributed by atoms with Crippen LogP contribution in [0, 0.1) is 12.8 Å². The van der Waals surface area contributed by atoms with Gasteiger partial charge in [0.25, 0.3) is 5.91 Å². The predicted molar refractivity (Wildman–Crippen MR) is 109 cm³/mol. The maximum absolute atomic E-state index is 12.9. The van der Waals surface area contributed by atoms with Crippen molar-refractivity contribution in [1.82, 2.24) is 20.1 Å². The lowest BCUT2D eigenvalue weighted by atomic mass is 9.97. The third-order valence-electron chi connectivity index (χ3n) is 4.95. The number of nitrogens with zero attached hydrogens (tertiary/aromatic N) is 3. The summed E-state index contributed by atoms with van der Waals surface area (Å²) in [6.07, 6.45) is 2.36. The molecule has 1 aromatic carbocycles. The van der Waals surface area contributed by atoms with Crippen LogP contribution in [0.15, 0.2) is 42.6 Å². The number of hydrogen-bond acceptors (Lipinski definition) is 4. The fourth-order valence-electron chi connectivity index (χ4n) is 3.11. The minimum atomic E-state index is -0.650. The van der Waals surface area contributed by atoms with Crippen molar-refractivity contribution in [2.45, 2.75) is 33.2 Å². The van der Waals surface area contributed by atoms with Gasteiger partial charge < -0.3 is 10.6 Å². The predicted octanol–water partition coefficient (Wildman–Crippen LogP) is 3.06. The van der Waals surface area contributed by atoms with E-state index in [1.165, 1.54) is 0 Å². The van der Waals surface area contributed by atoms with Crippen molar-refractivity contribution in [1.29, 1.82) is 0 Å². The molecule has 2 unspecified atom stereocenters. The molecule has 0 aliphatic rings. The second-order valence-electron chi connectivity index (χ2n) is 7.00. The normalized spacial score (nSPS) is 13.1. The molecule has 2 aromatic heterocycles. The Morgan fingerprint density at radius 3 is 2.61 bits per heavy atom. The lowest BCUT2D eigenvalue weighted by Crippen LogP contribution is -2.47. The standard InChI is InChI=1S/C21H25N5O2/c1-5-13(2)18(24-20(27)15-9-7-6-8-10-15)21(28)23-16-11-17-14(3)25-26(4)19(17)22-12-16/h6-13,18H,5H2,1-4H3,(H,23,28)(H,24,27). The summed E-state index contributed by atoms with van der Waals surface area (Å²) in [5.41, 5.74) is 2.71. The summed E-state index contributed by atoms with van der Waals surface area (Å²) < 4.78 is 1.71. The summed E-state index contributed by atoms with van der Waals surface area (Å²) in [5.74, 6) is -0.552. The number of carbonyl (C=O) groups is 2. The van der Waals surface area contributed by atoms with Gasteiger partial charge >= 0.3 is 0 Å². The highest BCUT2D eigenvalue weighted by molar-refractivity contribution is 6.01. The Hall–Kier alpha value is -3.22. The van der Waals surface area contributed by atoms with E-state index in [1.807, 2.05) is 40.0 Å². The average Bonchev–Trinajstić information content (AvgIpc) is 2.99. The molecule has 0 fully saturated rings. The zero-order valence-corrected chi connectivity index (χ0v) is 16.6. The molecule has 0 saturated heterocycles. The highest BCUT2D eigenvalue weighted by atomic mass is 16.2. The van der Waals surface area contributed by atoms with Crippen LogP contribution in [0.25, 0.3) is 11.0 Å². The Morgan fingerprint density at radius 1 is 1.21 bits per heavy atom. The smallest absolute Gasteiger partial charge is 0.251 e. The van der Waals surface area contributed by atoms with Gasteiger partial charge in [0.2, 0.25) is 5.91 Å². The van der Waals surface area contributed by atoms with Crippen LogP contribution in [0.4, 0.5) is 5.69 Å². The number of pyridine rings is 1. The van der Waals surface area contributed by atoms with Crippen LogP contribution in [-0.2, 0) is 11.8 Å². The molecule has 0 saturated carbocycles. The lowest BCUT2D eigenvalue weighted by molar-refractivity contribution is -0.119. The number of carbonyl (C=O) groups excluding carboxylic acids is 2. The van der Waals surface area contributed by atoms with Gasteiger partial charge in [-0.05, 0) is 31.0 Å². The quantitative estimate of drug-likeness (QED) is 0.689. The number of fused-ring (bicyclic) bond motifs is 1. The summed E-state index contributed by atoms with van der Waals surface area (Å²) >= 11 is 0. The van der Waals surface area contributed by atoms with E-state index < -0.39 is 6.04 Å². The van der Waals surface area contributed by atoms with E-state index in [-0.39, 0.29) is 17.7 Å². The van der Waals surface area contributed by atoms with Crippen LogP contribution < -0.4 is 10.6 Å². The van der Waals surface area contributed by atoms with E-state index in [0.29, 0.717) is 11.3 Å². The average molecular weight is 379 g/mol. The summed E-state index contributed by atoms with van der Waals surface area (Å²) in [6.45, 7) is 5.84. The van der Waals surface area contributed by atoms with E-state index in [9.17, 15) is 9.59 Å². The molecule has 0 radical (unpaired) electrons. The van der Waals surface area contributed by atoms with E-state index >= 15 is 0 Å². The fraction of sp³-hybridized carbons (Fsp3) is 0.333. The van der Waals surface area contributed by atoms with Crippen molar-refractivity contribution in [2.24, 2.45) is 13.0 Å². The number of aromatic nitrogens is 3. The topological polar surface area (TPSA) is 88.9 Å². The number of anilines is 1. The molecule has 0 bridgehead atoms. The minimum absolute atomic E-state index is 0.0236. The van der Waals surface area contributed by atoms with Crippen molar-refractivity contribution < 1.29 is 9.59 Å². The third-order valence-corrected chi connectivity index (χ3v) is 4.95. The van der Waals surface area contributed by atoms with Gasteiger partial charge in [-0.15, -0.1) is 0 Å². The Kier molecular flexibility index (Phi) is 5.73. The Bertz CT molecular complexity index is 997. The van der Waals surface area contributed by atoms with Gasteiger partial charge in [0.15, 0.2) is 5.65 Å². The first kappa shape index (κ1) is 19.5. The zero-order chi connectivity index (χ0) is 20.3. The summed E-state index contributed by atoms with van der Waals surface area (Å²) in [5, 5.41) is 11.0. The fourth-order valence-corrected chi connectivity index (χ4v) is 3.11. The SMILES string of the molecule is CCC(C)C(NC(=O)c1ccccc1)C(=O)Nc1cnc2c(c1)c(C)nn2C. The van der Waals surface area contributed by atoms with E-state index in [0.717, 1.165) is 23.1 Å². The molecule has 2 heterocycles. The molecule has 7 heteroatoms. The summed E-state index contributed by atoms with van der Waals surface area (Å²) in [7, 11) is 1.83. The van der Waals surface area contributed by atoms with Crippen LogP contribution in [0.2, 0.25) is 0 Å². The highest BCUT2D eigenvalue weighted by Gasteiger charge is 2.26. The number of amides is 2. The third kappa shape index (κ3) is 4.03. The van der Waals surface area contributed by atoms with E-state index in [2.05, 4.69) is 20.7 Å². The molecule has 2 N–H and O–H groups in total. The van der Waals surface area contributed by atoms with Gasteiger partial charge in [-0.3, -0.25) is 14.3 Å². The van der Waals surface area contributed by atoms with Gasteiger partial charge in [0, 0.05) is 18.0 Å².